The monoisotopic (exact) mass is 271 g/mol. The third kappa shape index (κ3) is 2.36. The molecule has 0 fully saturated rings. The van der Waals surface area contributed by atoms with Crippen molar-refractivity contribution in [2.75, 3.05) is 0 Å². The van der Waals surface area contributed by atoms with Gasteiger partial charge in [0.2, 0.25) is 0 Å². The van der Waals surface area contributed by atoms with Crippen molar-refractivity contribution in [2.24, 2.45) is 0 Å². The number of alkyl halides is 3. The number of hydrogen-bond donors (Lipinski definition) is 0. The van der Waals surface area contributed by atoms with Gasteiger partial charge in [0.25, 0.3) is 0 Å². The highest BCUT2D eigenvalue weighted by atomic mass is 127. The van der Waals surface area contributed by atoms with Crippen LogP contribution in [0.5, 0.6) is 0 Å². The molecule has 0 unspecified atom stereocenters. The Hall–Kier alpha value is -0.260. The molecule has 0 N–H and O–H groups in total. The van der Waals surface area contributed by atoms with Crippen molar-refractivity contribution in [3.05, 3.63) is 33.4 Å². The molecule has 0 aliphatic heterocycles. The van der Waals surface area contributed by atoms with Crippen LogP contribution in [0.4, 0.5) is 13.2 Å². The summed E-state index contributed by atoms with van der Waals surface area (Å²) in [5.74, 6) is 0. The fourth-order valence-corrected chi connectivity index (χ4v) is 1.13. The SMILES string of the molecule is FC(F)(F)c1cc[c]c(I)c1. The van der Waals surface area contributed by atoms with Gasteiger partial charge in [-0.25, -0.2) is 0 Å². The number of hydrogen-bond acceptors (Lipinski definition) is 0. The largest absolute Gasteiger partial charge is 0.416 e. The van der Waals surface area contributed by atoms with Gasteiger partial charge in [0.05, 0.1) is 5.56 Å². The van der Waals surface area contributed by atoms with Gasteiger partial charge in [0.15, 0.2) is 0 Å². The average Bonchev–Trinajstić information content (AvgIpc) is 1.86. The summed E-state index contributed by atoms with van der Waals surface area (Å²) in [6.45, 7) is 0. The fourth-order valence-electron chi connectivity index (χ4n) is 0.614. The fraction of sp³-hybridized carbons (Fsp3) is 0.143. The lowest BCUT2D eigenvalue weighted by Gasteiger charge is -2.05. The molecule has 11 heavy (non-hydrogen) atoms. The quantitative estimate of drug-likeness (QED) is 0.636. The molecule has 0 saturated carbocycles. The Kier molecular flexibility index (Phi) is 2.41. The first kappa shape index (κ1) is 8.83. The van der Waals surface area contributed by atoms with Crippen molar-refractivity contribution in [2.45, 2.75) is 6.18 Å². The smallest absolute Gasteiger partial charge is 0.166 e. The van der Waals surface area contributed by atoms with Crippen LogP contribution < -0.4 is 0 Å². The molecule has 1 rings (SSSR count). The molecule has 0 spiro atoms. The van der Waals surface area contributed by atoms with Crippen molar-refractivity contribution in [3.63, 3.8) is 0 Å². The molecule has 0 nitrogen and oxygen atoms in total. The maximum atomic E-state index is 12.0. The van der Waals surface area contributed by atoms with E-state index in [0.29, 0.717) is 3.57 Å². The predicted octanol–water partition coefficient (Wildman–Crippen LogP) is 3.11. The molecule has 0 bridgehead atoms. The lowest BCUT2D eigenvalue weighted by Crippen LogP contribution is -2.04. The lowest BCUT2D eigenvalue weighted by atomic mass is 10.2. The highest BCUT2D eigenvalue weighted by Gasteiger charge is 2.30. The number of halogens is 4. The molecule has 0 heterocycles. The Labute approximate surface area is 75.6 Å². The van der Waals surface area contributed by atoms with Crippen molar-refractivity contribution >= 4 is 22.6 Å². The zero-order valence-corrected chi connectivity index (χ0v) is 7.40. The van der Waals surface area contributed by atoms with Crippen molar-refractivity contribution in [1.82, 2.24) is 0 Å². The van der Waals surface area contributed by atoms with E-state index in [4.69, 9.17) is 0 Å². The maximum absolute atomic E-state index is 12.0. The molecule has 0 saturated heterocycles. The topological polar surface area (TPSA) is 0 Å². The van der Waals surface area contributed by atoms with Crippen LogP contribution in [0.25, 0.3) is 0 Å². The standard InChI is InChI=1S/C7H3F3I/c8-7(9,10)5-2-1-3-6(11)4-5/h1-2,4H. The summed E-state index contributed by atoms with van der Waals surface area (Å²) in [5.41, 5.74) is -0.624. The molecule has 0 aromatic heterocycles. The van der Waals surface area contributed by atoms with Gasteiger partial charge in [-0.15, -0.1) is 0 Å². The molecule has 4 heteroatoms. The normalized spacial score (nSPS) is 11.6. The Morgan fingerprint density at radius 2 is 2.00 bits per heavy atom. The van der Waals surface area contributed by atoms with Crippen LogP contribution in [0.1, 0.15) is 5.56 Å². The molecule has 1 aromatic carbocycles. The Balaban J connectivity index is 3.06. The van der Waals surface area contributed by atoms with E-state index in [0.717, 1.165) is 12.1 Å². The van der Waals surface area contributed by atoms with E-state index in [1.165, 1.54) is 6.07 Å². The Morgan fingerprint density at radius 1 is 1.36 bits per heavy atom. The zero-order valence-electron chi connectivity index (χ0n) is 5.24. The molecule has 1 aromatic rings. The molecule has 0 aliphatic carbocycles. The van der Waals surface area contributed by atoms with Crippen LogP contribution in [0.15, 0.2) is 18.2 Å². The van der Waals surface area contributed by atoms with Crippen LogP contribution in [-0.2, 0) is 6.18 Å². The summed E-state index contributed by atoms with van der Waals surface area (Å²) < 4.78 is 36.3. The van der Waals surface area contributed by atoms with Crippen molar-refractivity contribution < 1.29 is 13.2 Å². The maximum Gasteiger partial charge on any atom is 0.416 e. The second-order valence-electron chi connectivity index (χ2n) is 1.92. The van der Waals surface area contributed by atoms with Crippen molar-refractivity contribution in [1.29, 1.82) is 0 Å². The minimum absolute atomic E-state index is 0.470. The first-order valence-electron chi connectivity index (χ1n) is 2.74. The molecule has 0 aliphatic rings. The van der Waals surface area contributed by atoms with E-state index in [1.807, 2.05) is 0 Å². The molecular weight excluding hydrogens is 268 g/mol. The second-order valence-corrected chi connectivity index (χ2v) is 3.09. The molecule has 0 amide bonds. The Morgan fingerprint density at radius 3 is 2.36 bits per heavy atom. The third-order valence-electron chi connectivity index (χ3n) is 1.09. The summed E-state index contributed by atoms with van der Waals surface area (Å²) in [4.78, 5) is 0. The van der Waals surface area contributed by atoms with Crippen LogP contribution >= 0.6 is 22.6 Å². The van der Waals surface area contributed by atoms with Crippen LogP contribution in [0.2, 0.25) is 0 Å². The number of benzene rings is 1. The lowest BCUT2D eigenvalue weighted by molar-refractivity contribution is -0.137. The minimum atomic E-state index is -4.24. The first-order valence-corrected chi connectivity index (χ1v) is 3.82. The van der Waals surface area contributed by atoms with Crippen LogP contribution in [-0.4, -0.2) is 0 Å². The summed E-state index contributed by atoms with van der Waals surface area (Å²) in [6.07, 6.45) is -4.24. The average molecular weight is 271 g/mol. The van der Waals surface area contributed by atoms with E-state index in [2.05, 4.69) is 6.07 Å². The molecule has 0 atom stereocenters. The van der Waals surface area contributed by atoms with Crippen molar-refractivity contribution in [3.8, 4) is 0 Å². The van der Waals surface area contributed by atoms with Gasteiger partial charge in [-0.05, 0) is 40.8 Å². The van der Waals surface area contributed by atoms with E-state index in [1.54, 1.807) is 22.6 Å². The summed E-state index contributed by atoms with van der Waals surface area (Å²) in [6, 6.07) is 5.96. The Bertz CT molecular complexity index is 254. The molecule has 59 valence electrons. The second kappa shape index (κ2) is 3.00. The van der Waals surface area contributed by atoms with E-state index in [-0.39, 0.29) is 0 Å². The number of rotatable bonds is 0. The zero-order chi connectivity index (χ0) is 8.48. The van der Waals surface area contributed by atoms with Gasteiger partial charge in [-0.3, -0.25) is 0 Å². The van der Waals surface area contributed by atoms with Crippen LogP contribution in [0, 0.1) is 9.64 Å². The first-order chi connectivity index (χ1) is 5.00. The summed E-state index contributed by atoms with van der Waals surface area (Å²) in [5, 5.41) is 0. The van der Waals surface area contributed by atoms with Gasteiger partial charge in [0, 0.05) is 3.57 Å². The van der Waals surface area contributed by atoms with Crippen LogP contribution in [0.3, 0.4) is 0 Å². The van der Waals surface area contributed by atoms with E-state index in [9.17, 15) is 13.2 Å². The van der Waals surface area contributed by atoms with Gasteiger partial charge in [0.1, 0.15) is 0 Å². The summed E-state index contributed by atoms with van der Waals surface area (Å²) in [7, 11) is 0. The third-order valence-corrected chi connectivity index (χ3v) is 1.72. The highest BCUT2D eigenvalue weighted by Crippen LogP contribution is 2.29. The summed E-state index contributed by atoms with van der Waals surface area (Å²) >= 11 is 1.79. The van der Waals surface area contributed by atoms with Gasteiger partial charge < -0.3 is 0 Å². The van der Waals surface area contributed by atoms with Gasteiger partial charge in [-0.1, -0.05) is 6.07 Å². The van der Waals surface area contributed by atoms with Gasteiger partial charge >= 0.3 is 6.18 Å². The van der Waals surface area contributed by atoms with E-state index >= 15 is 0 Å². The van der Waals surface area contributed by atoms with Gasteiger partial charge in [-0.2, -0.15) is 13.2 Å². The predicted molar refractivity (Wildman–Crippen MR) is 43.0 cm³/mol. The minimum Gasteiger partial charge on any atom is -0.166 e. The highest BCUT2D eigenvalue weighted by molar-refractivity contribution is 14.1. The van der Waals surface area contributed by atoms with E-state index < -0.39 is 11.7 Å². The molecular formula is C7H3F3I. The molecule has 1 radical (unpaired) electrons.